The van der Waals surface area contributed by atoms with Crippen molar-refractivity contribution < 1.29 is 0 Å². The van der Waals surface area contributed by atoms with Gasteiger partial charge in [0.2, 0.25) is 0 Å². The molecular formula is C13H28Si. The summed E-state index contributed by atoms with van der Waals surface area (Å²) in [5.41, 5.74) is 1.72. The van der Waals surface area contributed by atoms with Crippen molar-refractivity contribution in [2.75, 3.05) is 0 Å². The van der Waals surface area contributed by atoms with Gasteiger partial charge in [0.1, 0.15) is 0 Å². The van der Waals surface area contributed by atoms with Crippen LogP contribution in [0.2, 0.25) is 25.7 Å². The molecule has 0 saturated carbocycles. The highest BCUT2D eigenvalue weighted by Gasteiger charge is 2.12. The predicted octanol–water partition coefficient (Wildman–Crippen LogP) is 5.24. The third-order valence-electron chi connectivity index (χ3n) is 2.49. The molecule has 0 aromatic rings. The molecule has 0 radical (unpaired) electrons. The fourth-order valence-electron chi connectivity index (χ4n) is 1.53. The molecule has 0 saturated heterocycles. The van der Waals surface area contributed by atoms with Crippen molar-refractivity contribution in [3.05, 3.63) is 11.6 Å². The molecule has 1 heteroatoms. The number of hydrogen-bond donors (Lipinski definition) is 0. The molecule has 0 N–H and O–H groups in total. The Morgan fingerprint density at radius 2 is 1.64 bits per heavy atom. The van der Waals surface area contributed by atoms with Gasteiger partial charge in [-0.25, -0.2) is 0 Å². The number of allylic oxidation sites excluding steroid dienone is 2. The van der Waals surface area contributed by atoms with E-state index in [0.717, 1.165) is 0 Å². The van der Waals surface area contributed by atoms with Crippen LogP contribution in [-0.4, -0.2) is 8.07 Å². The van der Waals surface area contributed by atoms with Gasteiger partial charge in [0.25, 0.3) is 0 Å². The zero-order chi connectivity index (χ0) is 11.0. The molecule has 0 rings (SSSR count). The van der Waals surface area contributed by atoms with E-state index in [1.54, 1.807) is 5.57 Å². The summed E-state index contributed by atoms with van der Waals surface area (Å²) in [5.74, 6) is 0. The molecular weight excluding hydrogens is 184 g/mol. The summed E-state index contributed by atoms with van der Waals surface area (Å²) < 4.78 is 0. The summed E-state index contributed by atoms with van der Waals surface area (Å²) in [4.78, 5) is 0. The molecule has 0 nitrogen and oxygen atoms in total. The zero-order valence-corrected chi connectivity index (χ0v) is 11.8. The summed E-state index contributed by atoms with van der Waals surface area (Å²) in [6.07, 6.45) is 9.06. The Kier molecular flexibility index (Phi) is 7.25. The van der Waals surface area contributed by atoms with Gasteiger partial charge in [0.15, 0.2) is 0 Å². The summed E-state index contributed by atoms with van der Waals surface area (Å²) in [5, 5.41) is 0. The van der Waals surface area contributed by atoms with Crippen LogP contribution in [0.1, 0.15) is 46.0 Å². The van der Waals surface area contributed by atoms with E-state index in [2.05, 4.69) is 39.6 Å². The number of rotatable bonds is 7. The molecule has 0 atom stereocenters. The fourth-order valence-corrected chi connectivity index (χ4v) is 2.61. The van der Waals surface area contributed by atoms with Crippen molar-refractivity contribution in [1.29, 1.82) is 0 Å². The Morgan fingerprint density at radius 1 is 1.00 bits per heavy atom. The lowest BCUT2D eigenvalue weighted by Crippen LogP contribution is -2.18. The first-order valence-corrected chi connectivity index (χ1v) is 9.88. The Labute approximate surface area is 91.8 Å². The molecule has 0 aliphatic carbocycles. The van der Waals surface area contributed by atoms with Crippen LogP contribution in [-0.2, 0) is 0 Å². The van der Waals surface area contributed by atoms with E-state index in [4.69, 9.17) is 0 Å². The minimum absolute atomic E-state index is 0.829. The topological polar surface area (TPSA) is 0 Å². The highest BCUT2D eigenvalue weighted by atomic mass is 28.3. The third-order valence-corrected chi connectivity index (χ3v) is 4.24. The van der Waals surface area contributed by atoms with Gasteiger partial charge in [-0.3, -0.25) is 0 Å². The van der Waals surface area contributed by atoms with Gasteiger partial charge in [-0.05, 0) is 19.3 Å². The average molecular weight is 212 g/mol. The van der Waals surface area contributed by atoms with Crippen LogP contribution in [0.5, 0.6) is 0 Å². The van der Waals surface area contributed by atoms with Crippen molar-refractivity contribution in [3.63, 3.8) is 0 Å². The van der Waals surface area contributed by atoms with Crippen LogP contribution in [0.25, 0.3) is 0 Å². The van der Waals surface area contributed by atoms with Gasteiger partial charge in [-0.15, -0.1) is 0 Å². The molecule has 0 aliphatic rings. The van der Waals surface area contributed by atoms with Gasteiger partial charge < -0.3 is 0 Å². The SMILES string of the molecule is CCCC=C(CCC)CC[Si](C)(C)C. The van der Waals surface area contributed by atoms with E-state index >= 15 is 0 Å². The van der Waals surface area contributed by atoms with Gasteiger partial charge in [0.05, 0.1) is 0 Å². The van der Waals surface area contributed by atoms with Crippen LogP contribution in [0.15, 0.2) is 11.6 Å². The number of unbranched alkanes of at least 4 members (excludes halogenated alkanes) is 1. The van der Waals surface area contributed by atoms with Crippen molar-refractivity contribution in [2.45, 2.75) is 71.6 Å². The maximum absolute atomic E-state index is 2.49. The Morgan fingerprint density at radius 3 is 2.07 bits per heavy atom. The highest BCUT2D eigenvalue weighted by Crippen LogP contribution is 2.20. The summed E-state index contributed by atoms with van der Waals surface area (Å²) in [7, 11) is -0.829. The Bertz CT molecular complexity index is 163. The highest BCUT2D eigenvalue weighted by molar-refractivity contribution is 6.76. The lowest BCUT2D eigenvalue weighted by Gasteiger charge is -2.16. The standard InChI is InChI=1S/C13H28Si/c1-6-8-10-13(9-7-2)11-12-14(3,4)5/h10H,6-9,11-12H2,1-5H3. The Hall–Kier alpha value is -0.0431. The summed E-state index contributed by atoms with van der Waals surface area (Å²) >= 11 is 0. The molecule has 0 bridgehead atoms. The normalized spacial score (nSPS) is 13.4. The quantitative estimate of drug-likeness (QED) is 0.400. The first kappa shape index (κ1) is 14.0. The molecule has 0 aromatic carbocycles. The van der Waals surface area contributed by atoms with Crippen molar-refractivity contribution in [3.8, 4) is 0 Å². The van der Waals surface area contributed by atoms with E-state index in [9.17, 15) is 0 Å². The smallest absolute Gasteiger partial charge is 0.0445 e. The van der Waals surface area contributed by atoms with Gasteiger partial charge >= 0.3 is 0 Å². The molecule has 0 fully saturated rings. The minimum Gasteiger partial charge on any atom is -0.0854 e. The molecule has 0 amide bonds. The first-order valence-electron chi connectivity index (χ1n) is 6.17. The maximum atomic E-state index is 2.49. The van der Waals surface area contributed by atoms with Gasteiger partial charge in [-0.1, -0.05) is 64.0 Å². The largest absolute Gasteiger partial charge is 0.0854 e. The second-order valence-electron chi connectivity index (χ2n) is 5.46. The van der Waals surface area contributed by atoms with Crippen LogP contribution >= 0.6 is 0 Å². The monoisotopic (exact) mass is 212 g/mol. The van der Waals surface area contributed by atoms with E-state index in [-0.39, 0.29) is 0 Å². The second-order valence-corrected chi connectivity index (χ2v) is 11.1. The second kappa shape index (κ2) is 7.28. The summed E-state index contributed by atoms with van der Waals surface area (Å²) in [6, 6.07) is 1.46. The molecule has 0 heterocycles. The van der Waals surface area contributed by atoms with Crippen LogP contribution in [0.3, 0.4) is 0 Å². The zero-order valence-electron chi connectivity index (χ0n) is 10.8. The van der Waals surface area contributed by atoms with Crippen LogP contribution < -0.4 is 0 Å². The van der Waals surface area contributed by atoms with Gasteiger partial charge in [0, 0.05) is 8.07 Å². The number of hydrogen-bond acceptors (Lipinski definition) is 0. The minimum atomic E-state index is -0.829. The maximum Gasteiger partial charge on any atom is 0.0445 e. The fraction of sp³-hybridized carbons (Fsp3) is 0.846. The van der Waals surface area contributed by atoms with E-state index < -0.39 is 8.07 Å². The van der Waals surface area contributed by atoms with Crippen molar-refractivity contribution >= 4 is 8.07 Å². The van der Waals surface area contributed by atoms with E-state index in [1.807, 2.05) is 0 Å². The van der Waals surface area contributed by atoms with E-state index in [0.29, 0.717) is 0 Å². The lowest BCUT2D eigenvalue weighted by molar-refractivity contribution is 0.830. The van der Waals surface area contributed by atoms with E-state index in [1.165, 1.54) is 38.1 Å². The predicted molar refractivity (Wildman–Crippen MR) is 70.7 cm³/mol. The van der Waals surface area contributed by atoms with Crippen molar-refractivity contribution in [2.24, 2.45) is 0 Å². The molecule has 0 unspecified atom stereocenters. The molecule has 84 valence electrons. The third kappa shape index (κ3) is 8.55. The summed E-state index contributed by atoms with van der Waals surface area (Å²) in [6.45, 7) is 12.0. The molecule has 0 spiro atoms. The molecule has 0 aliphatic heterocycles. The lowest BCUT2D eigenvalue weighted by atomic mass is 10.1. The first-order chi connectivity index (χ1) is 6.49. The average Bonchev–Trinajstić information content (AvgIpc) is 2.08. The molecule has 14 heavy (non-hydrogen) atoms. The van der Waals surface area contributed by atoms with Gasteiger partial charge in [-0.2, -0.15) is 0 Å². The molecule has 0 aromatic heterocycles. The van der Waals surface area contributed by atoms with Crippen LogP contribution in [0.4, 0.5) is 0 Å². The van der Waals surface area contributed by atoms with Crippen LogP contribution in [0, 0.1) is 0 Å². The van der Waals surface area contributed by atoms with Crippen molar-refractivity contribution in [1.82, 2.24) is 0 Å². The Balaban J connectivity index is 3.96.